The van der Waals surface area contributed by atoms with E-state index in [1.54, 1.807) is 0 Å². The van der Waals surface area contributed by atoms with Gasteiger partial charge < -0.3 is 10.6 Å². The largest absolute Gasteiger partial charge is 0.350 e. The molecule has 1 aromatic carbocycles. The average Bonchev–Trinajstić information content (AvgIpc) is 2.95. The Kier molecular flexibility index (Phi) is 4.45. The molecule has 2 N–H and O–H groups in total. The molecule has 0 bridgehead atoms. The number of thiophene rings is 1. The summed E-state index contributed by atoms with van der Waals surface area (Å²) in [6.07, 6.45) is 1.97. The van der Waals surface area contributed by atoms with Gasteiger partial charge in [0, 0.05) is 10.4 Å². The Bertz CT molecular complexity index is 787. The van der Waals surface area contributed by atoms with E-state index in [1.165, 1.54) is 32.9 Å². The zero-order valence-corrected chi connectivity index (χ0v) is 15.0. The lowest BCUT2D eigenvalue weighted by Crippen LogP contribution is -2.45. The maximum absolute atomic E-state index is 12.4. The van der Waals surface area contributed by atoms with Gasteiger partial charge in [0.05, 0.1) is 11.4 Å². The molecule has 0 saturated carbocycles. The van der Waals surface area contributed by atoms with Crippen LogP contribution >= 0.6 is 11.3 Å². The van der Waals surface area contributed by atoms with Gasteiger partial charge in [0.2, 0.25) is 5.91 Å². The molecule has 1 aromatic heterocycles. The lowest BCUT2D eigenvalue weighted by Gasteiger charge is -2.20. The maximum Gasteiger partial charge on any atom is 0.261 e. The van der Waals surface area contributed by atoms with E-state index in [4.69, 9.17) is 0 Å². The Labute approximate surface area is 146 Å². The molecule has 1 heterocycles. The van der Waals surface area contributed by atoms with Crippen molar-refractivity contribution in [1.29, 1.82) is 0 Å². The molecule has 0 radical (unpaired) electrons. The van der Waals surface area contributed by atoms with Crippen LogP contribution < -0.4 is 10.6 Å². The molecule has 5 heteroatoms. The quantitative estimate of drug-likeness (QED) is 0.900. The summed E-state index contributed by atoms with van der Waals surface area (Å²) in [5, 5.41) is 5.55. The Morgan fingerprint density at radius 3 is 2.58 bits per heavy atom. The van der Waals surface area contributed by atoms with E-state index >= 15 is 0 Å². The summed E-state index contributed by atoms with van der Waals surface area (Å²) in [4.78, 5) is 26.0. The summed E-state index contributed by atoms with van der Waals surface area (Å²) in [6.45, 7) is 5.74. The SMILES string of the molecule is CC(C)(C)NC(=O)CNC(=O)c1cc2c(s1)-c1ccccc1CC2. The number of fused-ring (bicyclic) bond motifs is 3. The Hall–Kier alpha value is -2.14. The summed E-state index contributed by atoms with van der Waals surface area (Å²) in [5.41, 5.74) is 3.49. The van der Waals surface area contributed by atoms with E-state index in [2.05, 4.69) is 28.8 Å². The zero-order valence-electron chi connectivity index (χ0n) is 14.2. The van der Waals surface area contributed by atoms with Gasteiger partial charge in [0.25, 0.3) is 5.91 Å². The molecule has 4 nitrogen and oxygen atoms in total. The van der Waals surface area contributed by atoms with Crippen LogP contribution in [0, 0.1) is 0 Å². The van der Waals surface area contributed by atoms with E-state index < -0.39 is 0 Å². The number of rotatable bonds is 3. The molecule has 0 unspecified atom stereocenters. The number of hydrogen-bond acceptors (Lipinski definition) is 3. The summed E-state index contributed by atoms with van der Waals surface area (Å²) in [7, 11) is 0. The number of hydrogen-bond donors (Lipinski definition) is 2. The van der Waals surface area contributed by atoms with Crippen LogP contribution in [0.3, 0.4) is 0 Å². The second kappa shape index (κ2) is 6.40. The maximum atomic E-state index is 12.4. The van der Waals surface area contributed by atoms with Crippen LogP contribution in [-0.2, 0) is 17.6 Å². The molecule has 24 heavy (non-hydrogen) atoms. The van der Waals surface area contributed by atoms with Crippen molar-refractivity contribution in [1.82, 2.24) is 10.6 Å². The molecule has 0 fully saturated rings. The van der Waals surface area contributed by atoms with Crippen LogP contribution in [0.25, 0.3) is 10.4 Å². The first-order valence-electron chi connectivity index (χ1n) is 8.14. The smallest absolute Gasteiger partial charge is 0.261 e. The molecule has 0 aliphatic heterocycles. The van der Waals surface area contributed by atoms with Crippen molar-refractivity contribution in [2.75, 3.05) is 6.54 Å². The Morgan fingerprint density at radius 2 is 1.83 bits per heavy atom. The normalized spacial score (nSPS) is 13.0. The predicted octanol–water partition coefficient (Wildman–Crippen LogP) is 3.16. The molecule has 1 aliphatic carbocycles. The van der Waals surface area contributed by atoms with Gasteiger partial charge in [-0.1, -0.05) is 24.3 Å². The van der Waals surface area contributed by atoms with Crippen molar-refractivity contribution in [3.05, 3.63) is 46.3 Å². The van der Waals surface area contributed by atoms with Crippen LogP contribution in [0.5, 0.6) is 0 Å². The van der Waals surface area contributed by atoms with Crippen molar-refractivity contribution in [2.24, 2.45) is 0 Å². The fraction of sp³-hybridized carbons (Fsp3) is 0.368. The highest BCUT2D eigenvalue weighted by Crippen LogP contribution is 2.39. The van der Waals surface area contributed by atoms with E-state index in [0.717, 1.165) is 12.8 Å². The van der Waals surface area contributed by atoms with Crippen LogP contribution in [0.4, 0.5) is 0 Å². The second-order valence-electron chi connectivity index (χ2n) is 7.10. The fourth-order valence-electron chi connectivity index (χ4n) is 2.89. The van der Waals surface area contributed by atoms with E-state index in [9.17, 15) is 9.59 Å². The molecule has 0 atom stereocenters. The lowest BCUT2D eigenvalue weighted by molar-refractivity contribution is -0.121. The topological polar surface area (TPSA) is 58.2 Å². The molecule has 126 valence electrons. The average molecular weight is 342 g/mol. The van der Waals surface area contributed by atoms with Crippen molar-refractivity contribution < 1.29 is 9.59 Å². The van der Waals surface area contributed by atoms with Gasteiger partial charge in [-0.2, -0.15) is 0 Å². The summed E-state index contributed by atoms with van der Waals surface area (Å²) < 4.78 is 0. The van der Waals surface area contributed by atoms with Gasteiger partial charge in [-0.15, -0.1) is 11.3 Å². The van der Waals surface area contributed by atoms with E-state index in [-0.39, 0.29) is 23.9 Å². The van der Waals surface area contributed by atoms with E-state index in [1.807, 2.05) is 32.9 Å². The van der Waals surface area contributed by atoms with Gasteiger partial charge in [-0.25, -0.2) is 0 Å². The van der Waals surface area contributed by atoms with Crippen LogP contribution in [0.1, 0.15) is 41.6 Å². The third-order valence-electron chi connectivity index (χ3n) is 3.88. The molecule has 1 aliphatic rings. The monoisotopic (exact) mass is 342 g/mol. The van der Waals surface area contributed by atoms with Crippen molar-refractivity contribution in [3.63, 3.8) is 0 Å². The van der Waals surface area contributed by atoms with Crippen molar-refractivity contribution in [3.8, 4) is 10.4 Å². The molecular formula is C19H22N2O2S. The first-order valence-corrected chi connectivity index (χ1v) is 8.95. The molecule has 3 rings (SSSR count). The Balaban J connectivity index is 1.70. The minimum Gasteiger partial charge on any atom is -0.350 e. The van der Waals surface area contributed by atoms with Crippen molar-refractivity contribution in [2.45, 2.75) is 39.2 Å². The number of carbonyl (C=O) groups is 2. The standard InChI is InChI=1S/C19H22N2O2S/c1-19(2,3)21-16(22)11-20-18(23)15-10-13-9-8-12-6-4-5-7-14(12)17(13)24-15/h4-7,10H,8-9,11H2,1-3H3,(H,20,23)(H,21,22). The fourth-order valence-corrected chi connectivity index (χ4v) is 4.08. The highest BCUT2D eigenvalue weighted by Gasteiger charge is 2.22. The molecule has 2 aromatic rings. The van der Waals surface area contributed by atoms with Crippen LogP contribution in [0.2, 0.25) is 0 Å². The van der Waals surface area contributed by atoms with Gasteiger partial charge in [0.1, 0.15) is 0 Å². The molecule has 0 spiro atoms. The third-order valence-corrected chi connectivity index (χ3v) is 5.09. The van der Waals surface area contributed by atoms with Crippen LogP contribution in [-0.4, -0.2) is 23.9 Å². The Morgan fingerprint density at radius 1 is 1.12 bits per heavy atom. The molecular weight excluding hydrogens is 320 g/mol. The van der Waals surface area contributed by atoms with Crippen molar-refractivity contribution >= 4 is 23.2 Å². The highest BCUT2D eigenvalue weighted by atomic mass is 32.1. The number of carbonyl (C=O) groups excluding carboxylic acids is 2. The van der Waals surface area contributed by atoms with Gasteiger partial charge in [-0.3, -0.25) is 9.59 Å². The predicted molar refractivity (Wildman–Crippen MR) is 97.4 cm³/mol. The summed E-state index contributed by atoms with van der Waals surface area (Å²) in [5.74, 6) is -0.363. The summed E-state index contributed by atoms with van der Waals surface area (Å²) >= 11 is 1.51. The minimum atomic E-state index is -0.298. The zero-order chi connectivity index (χ0) is 17.3. The van der Waals surface area contributed by atoms with Crippen LogP contribution in [0.15, 0.2) is 30.3 Å². The summed E-state index contributed by atoms with van der Waals surface area (Å²) in [6, 6.07) is 10.3. The third kappa shape index (κ3) is 3.67. The first kappa shape index (κ1) is 16.7. The number of aryl methyl sites for hydroxylation is 2. The second-order valence-corrected chi connectivity index (χ2v) is 8.16. The van der Waals surface area contributed by atoms with Gasteiger partial charge >= 0.3 is 0 Å². The molecule has 2 amide bonds. The number of amides is 2. The first-order chi connectivity index (χ1) is 11.3. The molecule has 0 saturated heterocycles. The van der Waals surface area contributed by atoms with Gasteiger partial charge in [0.15, 0.2) is 0 Å². The van der Waals surface area contributed by atoms with Gasteiger partial charge in [-0.05, 0) is 56.4 Å². The minimum absolute atomic E-state index is 0.00471. The number of nitrogens with one attached hydrogen (secondary N) is 2. The lowest BCUT2D eigenvalue weighted by atomic mass is 9.91. The van der Waals surface area contributed by atoms with E-state index in [0.29, 0.717) is 4.88 Å². The number of benzene rings is 1. The highest BCUT2D eigenvalue weighted by molar-refractivity contribution is 7.17.